The predicted octanol–water partition coefficient (Wildman–Crippen LogP) is 1.73. The molecule has 0 aromatic carbocycles. The largest absolute Gasteiger partial charge is 0.357 e. The Morgan fingerprint density at radius 1 is 1.20 bits per heavy atom. The van der Waals surface area contributed by atoms with Crippen LogP contribution in [0, 0.1) is 0 Å². The first-order valence-electron chi connectivity index (χ1n) is 10.8. The first-order chi connectivity index (χ1) is 13.8. The minimum absolute atomic E-state index is 0. The summed E-state index contributed by atoms with van der Waals surface area (Å²) in [5, 5.41) is 11.6. The molecule has 8 nitrogen and oxygen atoms in total. The maximum absolute atomic E-state index is 11.4. The van der Waals surface area contributed by atoms with Gasteiger partial charge in [-0.1, -0.05) is 13.8 Å². The molecule has 174 valence electrons. The van der Waals surface area contributed by atoms with Gasteiger partial charge in [-0.3, -0.25) is 4.68 Å². The number of aryl methyl sites for hydroxylation is 2. The number of hydrogen-bond acceptors (Lipinski definition) is 5. The van der Waals surface area contributed by atoms with Crippen LogP contribution in [-0.4, -0.2) is 73.3 Å². The van der Waals surface area contributed by atoms with E-state index in [1.807, 2.05) is 11.7 Å². The maximum Gasteiger partial charge on any atom is 0.191 e. The van der Waals surface area contributed by atoms with Crippen molar-refractivity contribution >= 4 is 39.8 Å². The highest BCUT2D eigenvalue weighted by Gasteiger charge is 2.21. The zero-order valence-electron chi connectivity index (χ0n) is 19.1. The molecule has 30 heavy (non-hydrogen) atoms. The van der Waals surface area contributed by atoms with E-state index in [1.165, 1.54) is 17.5 Å². The molecule has 1 fully saturated rings. The summed E-state index contributed by atoms with van der Waals surface area (Å²) in [6.07, 6.45) is 5.14. The van der Waals surface area contributed by atoms with Gasteiger partial charge >= 0.3 is 0 Å². The summed E-state index contributed by atoms with van der Waals surface area (Å²) in [5.41, 5.74) is 3.62. The molecule has 0 amide bonds. The molecule has 1 aromatic heterocycles. The van der Waals surface area contributed by atoms with Crippen molar-refractivity contribution in [3.05, 3.63) is 17.0 Å². The summed E-state index contributed by atoms with van der Waals surface area (Å²) in [7, 11) is -0.894. The highest BCUT2D eigenvalue weighted by Crippen LogP contribution is 2.17. The monoisotopic (exact) mass is 554 g/mol. The topological polar surface area (TPSA) is 91.6 Å². The van der Waals surface area contributed by atoms with Crippen LogP contribution >= 0.6 is 24.0 Å². The number of nitrogens with zero attached hydrogens (tertiary/aromatic N) is 4. The molecule has 1 aliphatic rings. The highest BCUT2D eigenvalue weighted by atomic mass is 127. The van der Waals surface area contributed by atoms with Gasteiger partial charge in [-0.15, -0.1) is 24.0 Å². The summed E-state index contributed by atoms with van der Waals surface area (Å²) in [6, 6.07) is 0.354. The molecule has 0 unspecified atom stereocenters. The Bertz CT molecular complexity index is 785. The van der Waals surface area contributed by atoms with E-state index in [0.29, 0.717) is 19.1 Å². The lowest BCUT2D eigenvalue weighted by Crippen LogP contribution is -2.49. The summed E-state index contributed by atoms with van der Waals surface area (Å²) < 4.78 is 24.7. The molecule has 0 atom stereocenters. The predicted molar refractivity (Wildman–Crippen MR) is 135 cm³/mol. The van der Waals surface area contributed by atoms with Crippen LogP contribution in [0.2, 0.25) is 0 Å². The Kier molecular flexibility index (Phi) is 11.6. The van der Waals surface area contributed by atoms with Crippen molar-refractivity contribution in [1.82, 2.24) is 25.3 Å². The van der Waals surface area contributed by atoms with E-state index in [4.69, 9.17) is 4.99 Å². The van der Waals surface area contributed by atoms with Gasteiger partial charge in [0.2, 0.25) is 0 Å². The van der Waals surface area contributed by atoms with Crippen LogP contribution in [0.3, 0.4) is 0 Å². The van der Waals surface area contributed by atoms with E-state index in [-0.39, 0.29) is 29.7 Å². The van der Waals surface area contributed by atoms with Crippen molar-refractivity contribution in [2.45, 2.75) is 59.0 Å². The van der Waals surface area contributed by atoms with Gasteiger partial charge in [0.15, 0.2) is 5.96 Å². The number of nitrogens with one attached hydrogen (secondary N) is 2. The molecule has 10 heteroatoms. The first-order valence-corrected chi connectivity index (χ1v) is 12.8. The normalized spacial score (nSPS) is 16.4. The van der Waals surface area contributed by atoms with Crippen molar-refractivity contribution in [1.29, 1.82) is 0 Å². The van der Waals surface area contributed by atoms with Crippen molar-refractivity contribution in [2.24, 2.45) is 12.0 Å². The van der Waals surface area contributed by atoms with Crippen LogP contribution in [0.4, 0.5) is 0 Å². The van der Waals surface area contributed by atoms with E-state index in [9.17, 15) is 8.42 Å². The molecule has 0 spiro atoms. The van der Waals surface area contributed by atoms with Gasteiger partial charge in [-0.05, 0) is 32.6 Å². The highest BCUT2D eigenvalue weighted by molar-refractivity contribution is 14.0. The van der Waals surface area contributed by atoms with E-state index in [1.54, 1.807) is 0 Å². The minimum Gasteiger partial charge on any atom is -0.357 e. The third-order valence-corrected chi connectivity index (χ3v) is 6.40. The van der Waals surface area contributed by atoms with Crippen molar-refractivity contribution in [3.63, 3.8) is 0 Å². The molecule has 0 saturated carbocycles. The Morgan fingerprint density at radius 3 is 2.40 bits per heavy atom. The fourth-order valence-electron chi connectivity index (χ4n) is 3.84. The molecular weight excluding hydrogens is 515 g/mol. The lowest BCUT2D eigenvalue weighted by atomic mass is 10.1. The van der Waals surface area contributed by atoms with Crippen LogP contribution in [-0.2, 0) is 36.3 Å². The van der Waals surface area contributed by atoms with Crippen LogP contribution in [0.1, 0.15) is 50.6 Å². The second-order valence-electron chi connectivity index (χ2n) is 7.79. The first kappa shape index (κ1) is 27.2. The smallest absolute Gasteiger partial charge is 0.191 e. The van der Waals surface area contributed by atoms with Crippen LogP contribution < -0.4 is 10.6 Å². The molecule has 2 rings (SSSR count). The van der Waals surface area contributed by atoms with Crippen molar-refractivity contribution in [3.8, 4) is 0 Å². The molecule has 0 aliphatic carbocycles. The summed E-state index contributed by atoms with van der Waals surface area (Å²) in [4.78, 5) is 7.08. The van der Waals surface area contributed by atoms with Crippen LogP contribution in [0.25, 0.3) is 0 Å². The standard InChI is InChI=1S/C20H38N6O2S.HI/c1-6-18-17(19(7-2)25(4)24-18)15-22-20(21-8-3)23-16-9-11-26(12-10-16)13-14-29(5,27)28;/h16H,6-15H2,1-5H3,(H2,21,22,23);1H. The molecule has 1 aliphatic heterocycles. The Balaban J connectivity index is 0.00000450. The molecular formula is C20H39IN6O2S. The quantitative estimate of drug-likeness (QED) is 0.275. The number of likely N-dealkylation sites (tertiary alicyclic amines) is 1. The summed E-state index contributed by atoms with van der Waals surface area (Å²) in [6.45, 7) is 10.3. The van der Waals surface area contributed by atoms with Gasteiger partial charge in [-0.2, -0.15) is 5.10 Å². The number of guanidine groups is 1. The number of halogens is 1. The van der Waals surface area contributed by atoms with Gasteiger partial charge in [0, 0.05) is 56.8 Å². The molecule has 0 radical (unpaired) electrons. The van der Waals surface area contributed by atoms with E-state index in [2.05, 4.69) is 41.4 Å². The second-order valence-corrected chi connectivity index (χ2v) is 10.0. The molecule has 1 aromatic rings. The Hall–Kier alpha value is -0.880. The second kappa shape index (κ2) is 12.8. The number of aliphatic imine (C=N–C) groups is 1. The SMILES string of the molecule is CCNC(=NCc1c(CC)nn(C)c1CC)NC1CCN(CCS(C)(=O)=O)CC1.I. The molecule has 2 N–H and O–H groups in total. The maximum atomic E-state index is 11.4. The van der Waals surface area contributed by atoms with E-state index >= 15 is 0 Å². The van der Waals surface area contributed by atoms with Crippen LogP contribution in [0.5, 0.6) is 0 Å². The van der Waals surface area contributed by atoms with E-state index < -0.39 is 9.84 Å². The van der Waals surface area contributed by atoms with Gasteiger partial charge in [0.1, 0.15) is 9.84 Å². The minimum atomic E-state index is -2.90. The number of rotatable bonds is 9. The molecule has 2 heterocycles. The third-order valence-electron chi connectivity index (χ3n) is 5.47. The van der Waals surface area contributed by atoms with Gasteiger partial charge in [-0.25, -0.2) is 13.4 Å². The lowest BCUT2D eigenvalue weighted by molar-refractivity contribution is 0.216. The fourth-order valence-corrected chi connectivity index (χ4v) is 4.43. The fraction of sp³-hybridized carbons (Fsp3) is 0.800. The molecule has 0 bridgehead atoms. The number of sulfone groups is 1. The van der Waals surface area contributed by atoms with Crippen molar-refractivity contribution < 1.29 is 8.42 Å². The Labute approximate surface area is 199 Å². The summed E-state index contributed by atoms with van der Waals surface area (Å²) in [5.74, 6) is 1.08. The lowest BCUT2D eigenvalue weighted by Gasteiger charge is -2.32. The number of hydrogen-bond donors (Lipinski definition) is 2. The van der Waals surface area contributed by atoms with Gasteiger partial charge in [0.25, 0.3) is 0 Å². The third kappa shape index (κ3) is 8.33. The number of aromatic nitrogens is 2. The van der Waals surface area contributed by atoms with Gasteiger partial charge < -0.3 is 15.5 Å². The van der Waals surface area contributed by atoms with E-state index in [0.717, 1.165) is 57.0 Å². The average Bonchev–Trinajstić information content (AvgIpc) is 2.99. The average molecular weight is 555 g/mol. The Morgan fingerprint density at radius 2 is 1.87 bits per heavy atom. The van der Waals surface area contributed by atoms with Crippen LogP contribution in [0.15, 0.2) is 4.99 Å². The zero-order chi connectivity index (χ0) is 21.4. The van der Waals surface area contributed by atoms with Gasteiger partial charge in [0.05, 0.1) is 18.0 Å². The molecule has 1 saturated heterocycles. The zero-order valence-corrected chi connectivity index (χ0v) is 22.2. The summed E-state index contributed by atoms with van der Waals surface area (Å²) >= 11 is 0. The number of piperidine rings is 1. The van der Waals surface area contributed by atoms with Crippen molar-refractivity contribution in [2.75, 3.05) is 38.2 Å².